The van der Waals surface area contributed by atoms with Crippen LogP contribution in [0.5, 0.6) is 0 Å². The number of para-hydroxylation sites is 1. The van der Waals surface area contributed by atoms with Gasteiger partial charge in [-0.3, -0.25) is 9.59 Å². The minimum absolute atomic E-state index is 0.0389. The normalized spacial score (nSPS) is 11.8. The first kappa shape index (κ1) is 19.3. The first-order valence-corrected chi connectivity index (χ1v) is 9.04. The number of carbonyl (C=O) groups is 2. The Morgan fingerprint density at radius 3 is 2.54 bits per heavy atom. The highest BCUT2D eigenvalue weighted by atomic mass is 16.5. The number of ether oxygens (including phenoxy) is 1. The van der Waals surface area contributed by atoms with E-state index >= 15 is 0 Å². The Kier molecular flexibility index (Phi) is 5.84. The van der Waals surface area contributed by atoms with Crippen molar-refractivity contribution in [3.05, 3.63) is 70.1 Å². The number of aromatic amines is 1. The van der Waals surface area contributed by atoms with E-state index in [9.17, 15) is 14.4 Å². The zero-order valence-electron chi connectivity index (χ0n) is 15.7. The zero-order chi connectivity index (χ0) is 20.1. The number of hydrogen-bond donors (Lipinski definition) is 2. The first-order valence-electron chi connectivity index (χ1n) is 9.04. The van der Waals surface area contributed by atoms with Crippen LogP contribution in [0.25, 0.3) is 10.8 Å². The Morgan fingerprint density at radius 1 is 1.11 bits per heavy atom. The number of H-pyrrole nitrogens is 1. The number of rotatable bonds is 6. The number of benzene rings is 2. The van der Waals surface area contributed by atoms with E-state index in [1.165, 1.54) is 0 Å². The van der Waals surface area contributed by atoms with Crippen LogP contribution in [0.3, 0.4) is 0 Å². The van der Waals surface area contributed by atoms with Gasteiger partial charge in [0.25, 0.3) is 11.5 Å². The van der Waals surface area contributed by atoms with E-state index in [4.69, 9.17) is 4.74 Å². The molecule has 0 saturated carbocycles. The van der Waals surface area contributed by atoms with Crippen LogP contribution >= 0.6 is 0 Å². The minimum atomic E-state index is -0.780. The molecule has 0 spiro atoms. The molecule has 3 rings (SSSR count). The van der Waals surface area contributed by atoms with Crippen molar-refractivity contribution in [1.29, 1.82) is 0 Å². The summed E-state index contributed by atoms with van der Waals surface area (Å²) in [6, 6.07) is 14.1. The van der Waals surface area contributed by atoms with Gasteiger partial charge < -0.3 is 10.1 Å². The average molecular weight is 379 g/mol. The van der Waals surface area contributed by atoms with Crippen molar-refractivity contribution in [2.24, 2.45) is 0 Å². The van der Waals surface area contributed by atoms with E-state index in [1.807, 2.05) is 24.3 Å². The first-order chi connectivity index (χ1) is 13.5. The van der Waals surface area contributed by atoms with Gasteiger partial charge in [0, 0.05) is 11.1 Å². The van der Waals surface area contributed by atoms with Crippen LogP contribution in [0, 0.1) is 0 Å². The fraction of sp³-hybridized carbons (Fsp3) is 0.238. The third-order valence-electron chi connectivity index (χ3n) is 4.60. The lowest BCUT2D eigenvalue weighted by Crippen LogP contribution is -2.23. The molecule has 0 aliphatic carbocycles. The van der Waals surface area contributed by atoms with Gasteiger partial charge in [-0.05, 0) is 30.0 Å². The summed E-state index contributed by atoms with van der Waals surface area (Å²) in [5.41, 5.74) is 1.29. The van der Waals surface area contributed by atoms with Gasteiger partial charge in [0.1, 0.15) is 0 Å². The molecule has 3 aromatic rings. The van der Waals surface area contributed by atoms with Gasteiger partial charge in [-0.25, -0.2) is 9.89 Å². The van der Waals surface area contributed by atoms with E-state index in [-0.39, 0.29) is 11.6 Å². The highest BCUT2D eigenvalue weighted by molar-refractivity contribution is 6.03. The van der Waals surface area contributed by atoms with Gasteiger partial charge in [-0.15, -0.1) is 0 Å². The molecular formula is C21H21N3O4. The van der Waals surface area contributed by atoms with E-state index in [1.54, 1.807) is 24.3 Å². The quantitative estimate of drug-likeness (QED) is 0.640. The number of esters is 1. The summed E-state index contributed by atoms with van der Waals surface area (Å²) < 4.78 is 5.10. The number of fused-ring (bicyclic) bond motifs is 1. The molecule has 0 aliphatic heterocycles. The second-order valence-electron chi connectivity index (χ2n) is 6.47. The smallest absolute Gasteiger partial charge is 0.359 e. The Morgan fingerprint density at radius 2 is 1.79 bits per heavy atom. The lowest BCUT2D eigenvalue weighted by molar-refractivity contribution is -0.119. The second-order valence-corrected chi connectivity index (χ2v) is 6.47. The van der Waals surface area contributed by atoms with E-state index < -0.39 is 24.0 Å². The number of hydrogen-bond acceptors (Lipinski definition) is 5. The van der Waals surface area contributed by atoms with Gasteiger partial charge in [0.15, 0.2) is 12.3 Å². The Labute approximate surface area is 161 Å². The van der Waals surface area contributed by atoms with Gasteiger partial charge >= 0.3 is 5.97 Å². The number of nitrogens with zero attached hydrogens (tertiary/aromatic N) is 1. The summed E-state index contributed by atoms with van der Waals surface area (Å²) in [5.74, 6) is -0.939. The van der Waals surface area contributed by atoms with Gasteiger partial charge in [0.2, 0.25) is 0 Å². The lowest BCUT2D eigenvalue weighted by atomic mass is 9.97. The van der Waals surface area contributed by atoms with Gasteiger partial charge in [0.05, 0.1) is 5.39 Å². The van der Waals surface area contributed by atoms with Crippen molar-refractivity contribution in [2.75, 3.05) is 11.9 Å². The van der Waals surface area contributed by atoms with Crippen molar-refractivity contribution in [1.82, 2.24) is 10.2 Å². The predicted octanol–water partition coefficient (Wildman–Crippen LogP) is 3.23. The molecule has 0 saturated heterocycles. The fourth-order valence-electron chi connectivity index (χ4n) is 2.92. The van der Waals surface area contributed by atoms with Crippen molar-refractivity contribution in [2.45, 2.75) is 26.2 Å². The fourth-order valence-corrected chi connectivity index (χ4v) is 2.92. The molecule has 0 fully saturated rings. The van der Waals surface area contributed by atoms with Crippen LogP contribution in [0.15, 0.2) is 53.3 Å². The molecule has 0 unspecified atom stereocenters. The van der Waals surface area contributed by atoms with Crippen molar-refractivity contribution < 1.29 is 14.3 Å². The summed E-state index contributed by atoms with van der Waals surface area (Å²) in [6.07, 6.45) is 0.937. The van der Waals surface area contributed by atoms with Gasteiger partial charge in [-0.2, -0.15) is 5.10 Å². The molecular weight excluding hydrogens is 358 g/mol. The number of nitrogens with one attached hydrogen (secondary N) is 2. The standard InChI is InChI=1S/C21H21N3O4/c1-3-13(2)14-8-6-7-11-17(14)22-18(25)12-28-21(27)19-15-9-4-5-10-16(15)20(26)24-23-19/h4-11,13H,3,12H2,1-2H3,(H,22,25)(H,24,26)/t13-/m0/s1. The predicted molar refractivity (Wildman–Crippen MR) is 106 cm³/mol. The molecule has 0 radical (unpaired) electrons. The summed E-state index contributed by atoms with van der Waals surface area (Å²) in [4.78, 5) is 36.4. The third-order valence-corrected chi connectivity index (χ3v) is 4.60. The number of carbonyl (C=O) groups excluding carboxylic acids is 2. The van der Waals surface area contributed by atoms with Gasteiger partial charge in [-0.1, -0.05) is 50.2 Å². The molecule has 2 N–H and O–H groups in total. The summed E-state index contributed by atoms with van der Waals surface area (Å²) >= 11 is 0. The van der Waals surface area contributed by atoms with Crippen LogP contribution in [-0.4, -0.2) is 28.7 Å². The Bertz CT molecular complexity index is 1070. The summed E-state index contributed by atoms with van der Waals surface area (Å²) in [7, 11) is 0. The maximum Gasteiger partial charge on any atom is 0.359 e. The van der Waals surface area contributed by atoms with E-state index in [0.717, 1.165) is 12.0 Å². The highest BCUT2D eigenvalue weighted by Crippen LogP contribution is 2.26. The van der Waals surface area contributed by atoms with E-state index in [2.05, 4.69) is 29.4 Å². The molecule has 1 heterocycles. The maximum absolute atomic E-state index is 12.4. The lowest BCUT2D eigenvalue weighted by Gasteiger charge is -2.15. The maximum atomic E-state index is 12.4. The zero-order valence-corrected chi connectivity index (χ0v) is 15.7. The molecule has 2 aromatic carbocycles. The molecule has 7 nitrogen and oxygen atoms in total. The number of amides is 1. The molecule has 1 atom stereocenters. The second kappa shape index (κ2) is 8.47. The molecule has 1 amide bonds. The SMILES string of the molecule is CC[C@H](C)c1ccccc1NC(=O)COC(=O)c1n[nH]c(=O)c2ccccc12. The molecule has 7 heteroatoms. The summed E-state index contributed by atoms with van der Waals surface area (Å²) in [6.45, 7) is 3.70. The van der Waals surface area contributed by atoms with Crippen LogP contribution in [0.2, 0.25) is 0 Å². The Hall–Kier alpha value is -3.48. The number of anilines is 1. The van der Waals surface area contributed by atoms with Crippen LogP contribution in [0.1, 0.15) is 42.2 Å². The Balaban J connectivity index is 1.70. The van der Waals surface area contributed by atoms with Crippen molar-refractivity contribution >= 4 is 28.3 Å². The number of aromatic nitrogens is 2. The molecule has 0 bridgehead atoms. The molecule has 0 aliphatic rings. The van der Waals surface area contributed by atoms with E-state index in [0.29, 0.717) is 16.5 Å². The topological polar surface area (TPSA) is 101 Å². The molecule has 144 valence electrons. The molecule has 1 aromatic heterocycles. The molecule has 28 heavy (non-hydrogen) atoms. The van der Waals surface area contributed by atoms with Crippen LogP contribution in [0.4, 0.5) is 5.69 Å². The monoisotopic (exact) mass is 379 g/mol. The highest BCUT2D eigenvalue weighted by Gasteiger charge is 2.17. The largest absolute Gasteiger partial charge is 0.451 e. The van der Waals surface area contributed by atoms with Crippen LogP contribution < -0.4 is 10.9 Å². The minimum Gasteiger partial charge on any atom is -0.451 e. The average Bonchev–Trinajstić information content (AvgIpc) is 2.72. The van der Waals surface area contributed by atoms with Crippen molar-refractivity contribution in [3.8, 4) is 0 Å². The summed E-state index contributed by atoms with van der Waals surface area (Å²) in [5, 5.41) is 9.53. The van der Waals surface area contributed by atoms with Crippen LogP contribution in [-0.2, 0) is 9.53 Å². The van der Waals surface area contributed by atoms with Crippen molar-refractivity contribution in [3.63, 3.8) is 0 Å². The third kappa shape index (κ3) is 4.09.